The van der Waals surface area contributed by atoms with Gasteiger partial charge in [-0.3, -0.25) is 4.90 Å². The Kier molecular flexibility index (Phi) is 4.77. The normalized spacial score (nSPS) is 16.7. The summed E-state index contributed by atoms with van der Waals surface area (Å²) in [7, 11) is 0. The predicted octanol–water partition coefficient (Wildman–Crippen LogP) is 2.55. The quantitative estimate of drug-likeness (QED) is 0.752. The molecular formula is C18H20FN5O2. The summed E-state index contributed by atoms with van der Waals surface area (Å²) in [5.41, 5.74) is 2.26. The zero-order valence-electron chi connectivity index (χ0n) is 14.5. The third-order valence-electron chi connectivity index (χ3n) is 4.65. The van der Waals surface area contributed by atoms with E-state index in [9.17, 15) is 4.39 Å². The van der Waals surface area contributed by atoms with Crippen LogP contribution in [0.3, 0.4) is 0 Å². The van der Waals surface area contributed by atoms with Crippen LogP contribution in [0.1, 0.15) is 17.3 Å². The van der Waals surface area contributed by atoms with E-state index in [2.05, 4.69) is 25.3 Å². The van der Waals surface area contributed by atoms with Gasteiger partial charge in [-0.1, -0.05) is 17.3 Å². The Morgan fingerprint density at radius 1 is 1.19 bits per heavy atom. The first kappa shape index (κ1) is 16.9. The molecule has 1 aliphatic rings. The topological polar surface area (TPSA) is 76.3 Å². The molecule has 1 fully saturated rings. The fraction of sp³-hybridized carbons (Fsp3) is 0.389. The van der Waals surface area contributed by atoms with E-state index in [1.165, 1.54) is 18.5 Å². The Bertz CT molecular complexity index is 877. The van der Waals surface area contributed by atoms with Crippen molar-refractivity contribution in [2.45, 2.75) is 13.0 Å². The van der Waals surface area contributed by atoms with Crippen molar-refractivity contribution in [3.8, 4) is 0 Å². The lowest BCUT2D eigenvalue weighted by Crippen LogP contribution is -2.41. The molecule has 0 spiro atoms. The van der Waals surface area contributed by atoms with Crippen molar-refractivity contribution in [1.29, 1.82) is 0 Å². The van der Waals surface area contributed by atoms with Gasteiger partial charge in [0.25, 0.3) is 5.71 Å². The Morgan fingerprint density at radius 3 is 2.73 bits per heavy atom. The van der Waals surface area contributed by atoms with Crippen molar-refractivity contribution in [3.05, 3.63) is 47.7 Å². The second kappa shape index (κ2) is 7.35. The average Bonchev–Trinajstić information content (AvgIpc) is 3.06. The molecule has 1 aromatic carbocycles. The van der Waals surface area contributed by atoms with Crippen LogP contribution in [0.2, 0.25) is 0 Å². The second-order valence-corrected chi connectivity index (χ2v) is 6.27. The molecule has 3 aromatic rings. The number of aromatic nitrogens is 3. The van der Waals surface area contributed by atoms with Crippen LogP contribution in [0.25, 0.3) is 11.1 Å². The highest BCUT2D eigenvalue weighted by Crippen LogP contribution is 2.26. The average molecular weight is 357 g/mol. The van der Waals surface area contributed by atoms with Crippen molar-refractivity contribution in [2.24, 2.45) is 0 Å². The molecule has 8 heteroatoms. The molecule has 26 heavy (non-hydrogen) atoms. The summed E-state index contributed by atoms with van der Waals surface area (Å²) in [4.78, 5) is 10.8. The molecule has 1 saturated heterocycles. The minimum Gasteiger partial charge on any atom is -0.379 e. The van der Waals surface area contributed by atoms with Gasteiger partial charge in [-0.2, -0.15) is 4.98 Å². The standard InChI is InChI=1S/C18H20FN5O2/c1-12-16-17(21-11-22-18(16)26-23-12)20-10-15(24-6-8-25-9-7-24)13-2-4-14(19)5-3-13/h2-5,11,15H,6-10H2,1H3,(H,20,21,22). The molecular weight excluding hydrogens is 337 g/mol. The number of ether oxygens (including phenoxy) is 1. The third kappa shape index (κ3) is 3.38. The summed E-state index contributed by atoms with van der Waals surface area (Å²) in [5.74, 6) is 0.453. The Hall–Kier alpha value is -2.58. The highest BCUT2D eigenvalue weighted by atomic mass is 19.1. The van der Waals surface area contributed by atoms with Gasteiger partial charge in [-0.25, -0.2) is 9.37 Å². The molecule has 1 unspecified atom stereocenters. The number of benzene rings is 1. The summed E-state index contributed by atoms with van der Waals surface area (Å²) in [5, 5.41) is 8.14. The van der Waals surface area contributed by atoms with Crippen molar-refractivity contribution >= 4 is 16.9 Å². The van der Waals surface area contributed by atoms with Gasteiger partial charge in [0.05, 0.1) is 24.9 Å². The number of hydrogen-bond donors (Lipinski definition) is 1. The number of nitrogens with one attached hydrogen (secondary N) is 1. The van der Waals surface area contributed by atoms with Crippen molar-refractivity contribution in [2.75, 3.05) is 38.2 Å². The van der Waals surface area contributed by atoms with Crippen LogP contribution in [0, 0.1) is 12.7 Å². The summed E-state index contributed by atoms with van der Waals surface area (Å²) in [6.07, 6.45) is 1.46. The Labute approximate surface area is 150 Å². The zero-order valence-corrected chi connectivity index (χ0v) is 14.5. The summed E-state index contributed by atoms with van der Waals surface area (Å²) < 4.78 is 24.0. The van der Waals surface area contributed by atoms with Crippen molar-refractivity contribution in [1.82, 2.24) is 20.0 Å². The number of anilines is 1. The SMILES string of the molecule is Cc1noc2ncnc(NCC(c3ccc(F)cc3)N3CCOCC3)c12. The van der Waals surface area contributed by atoms with E-state index in [0.29, 0.717) is 31.3 Å². The molecule has 0 saturated carbocycles. The molecule has 2 aromatic heterocycles. The molecule has 1 aliphatic heterocycles. The Morgan fingerprint density at radius 2 is 1.96 bits per heavy atom. The van der Waals surface area contributed by atoms with Gasteiger partial charge in [0, 0.05) is 19.6 Å². The van der Waals surface area contributed by atoms with E-state index in [-0.39, 0.29) is 11.9 Å². The number of nitrogens with zero attached hydrogens (tertiary/aromatic N) is 4. The van der Waals surface area contributed by atoms with E-state index in [1.807, 2.05) is 19.1 Å². The van der Waals surface area contributed by atoms with Crippen LogP contribution in [0.5, 0.6) is 0 Å². The minimum absolute atomic E-state index is 0.0738. The van der Waals surface area contributed by atoms with Crippen LogP contribution < -0.4 is 5.32 Å². The van der Waals surface area contributed by atoms with Crippen molar-refractivity contribution in [3.63, 3.8) is 0 Å². The van der Waals surface area contributed by atoms with E-state index in [1.54, 1.807) is 0 Å². The first-order valence-corrected chi connectivity index (χ1v) is 8.60. The maximum Gasteiger partial charge on any atom is 0.263 e. The molecule has 0 amide bonds. The van der Waals surface area contributed by atoms with Crippen LogP contribution >= 0.6 is 0 Å². The van der Waals surface area contributed by atoms with E-state index >= 15 is 0 Å². The van der Waals surface area contributed by atoms with Crippen molar-refractivity contribution < 1.29 is 13.7 Å². The molecule has 7 nitrogen and oxygen atoms in total. The number of aryl methyl sites for hydroxylation is 1. The molecule has 1 atom stereocenters. The van der Waals surface area contributed by atoms with E-state index in [4.69, 9.17) is 9.26 Å². The van der Waals surface area contributed by atoms with Gasteiger partial charge < -0.3 is 14.6 Å². The summed E-state index contributed by atoms with van der Waals surface area (Å²) in [6.45, 7) is 5.52. The Balaban J connectivity index is 1.59. The largest absolute Gasteiger partial charge is 0.379 e. The van der Waals surface area contributed by atoms with Gasteiger partial charge >= 0.3 is 0 Å². The van der Waals surface area contributed by atoms with Gasteiger partial charge in [0.1, 0.15) is 23.3 Å². The zero-order chi connectivity index (χ0) is 17.9. The number of hydrogen-bond acceptors (Lipinski definition) is 7. The number of morpholine rings is 1. The minimum atomic E-state index is -0.236. The highest BCUT2D eigenvalue weighted by Gasteiger charge is 2.23. The van der Waals surface area contributed by atoms with Gasteiger partial charge in [-0.05, 0) is 24.6 Å². The first-order valence-electron chi connectivity index (χ1n) is 8.60. The van der Waals surface area contributed by atoms with E-state index in [0.717, 1.165) is 29.7 Å². The number of rotatable bonds is 5. The van der Waals surface area contributed by atoms with Gasteiger partial charge in [-0.15, -0.1) is 0 Å². The molecule has 1 N–H and O–H groups in total. The third-order valence-corrected chi connectivity index (χ3v) is 4.65. The molecule has 136 valence electrons. The maximum atomic E-state index is 13.3. The molecule has 4 rings (SSSR count). The van der Waals surface area contributed by atoms with Crippen LogP contribution in [-0.2, 0) is 4.74 Å². The molecule has 0 bridgehead atoms. The number of fused-ring (bicyclic) bond motifs is 1. The highest BCUT2D eigenvalue weighted by molar-refractivity contribution is 5.87. The van der Waals surface area contributed by atoms with Crippen LogP contribution in [-0.4, -0.2) is 52.9 Å². The lowest BCUT2D eigenvalue weighted by atomic mass is 10.0. The maximum absolute atomic E-state index is 13.3. The summed E-state index contributed by atoms with van der Waals surface area (Å²) >= 11 is 0. The van der Waals surface area contributed by atoms with Gasteiger partial charge in [0.2, 0.25) is 0 Å². The van der Waals surface area contributed by atoms with Crippen LogP contribution in [0.4, 0.5) is 10.2 Å². The molecule has 0 aliphatic carbocycles. The van der Waals surface area contributed by atoms with Gasteiger partial charge in [0.15, 0.2) is 0 Å². The fourth-order valence-electron chi connectivity index (χ4n) is 3.28. The molecule has 3 heterocycles. The first-order chi connectivity index (χ1) is 12.7. The second-order valence-electron chi connectivity index (χ2n) is 6.27. The van der Waals surface area contributed by atoms with Crippen LogP contribution in [0.15, 0.2) is 35.1 Å². The fourth-order valence-corrected chi connectivity index (χ4v) is 3.28. The summed E-state index contributed by atoms with van der Waals surface area (Å²) in [6, 6.07) is 6.73. The molecule has 0 radical (unpaired) electrons. The van der Waals surface area contributed by atoms with E-state index < -0.39 is 0 Å². The lowest BCUT2D eigenvalue weighted by Gasteiger charge is -2.35. The monoisotopic (exact) mass is 357 g/mol. The lowest BCUT2D eigenvalue weighted by molar-refractivity contribution is 0.0187. The number of halogens is 1. The smallest absolute Gasteiger partial charge is 0.263 e. The predicted molar refractivity (Wildman–Crippen MR) is 94.4 cm³/mol.